The Morgan fingerprint density at radius 2 is 2.16 bits per heavy atom. The number of anilines is 2. The Labute approximate surface area is 118 Å². The van der Waals surface area contributed by atoms with Crippen LogP contribution in [0.15, 0.2) is 24.3 Å². The van der Waals surface area contributed by atoms with Crippen molar-refractivity contribution >= 4 is 29.0 Å². The van der Waals surface area contributed by atoms with Gasteiger partial charge in [0.15, 0.2) is 0 Å². The number of carbonyl (C=O) groups is 1. The van der Waals surface area contributed by atoms with E-state index in [1.807, 2.05) is 4.90 Å². The molecular formula is C15H20N2OS. The van der Waals surface area contributed by atoms with Crippen molar-refractivity contribution in [3.8, 4) is 0 Å². The lowest BCUT2D eigenvalue weighted by Gasteiger charge is -2.17. The standard InChI is InChI=1S/C15H20N2OS/c18-15-2-1-8-17(15)14-5-3-13(4-6-14)16-10-12-7-9-19-11-12/h3-6,12,16H,1-2,7-11H2. The van der Waals surface area contributed by atoms with Gasteiger partial charge >= 0.3 is 0 Å². The second kappa shape index (κ2) is 5.87. The van der Waals surface area contributed by atoms with Crippen LogP contribution >= 0.6 is 11.8 Å². The lowest BCUT2D eigenvalue weighted by Crippen LogP contribution is -2.23. The van der Waals surface area contributed by atoms with E-state index < -0.39 is 0 Å². The predicted octanol–water partition coefficient (Wildman–Crippen LogP) is 2.98. The molecule has 102 valence electrons. The summed E-state index contributed by atoms with van der Waals surface area (Å²) in [7, 11) is 0. The highest BCUT2D eigenvalue weighted by Gasteiger charge is 2.21. The van der Waals surface area contributed by atoms with Crippen LogP contribution in [-0.4, -0.2) is 30.5 Å². The third-order valence-electron chi connectivity index (χ3n) is 3.87. The molecule has 1 unspecified atom stereocenters. The molecule has 0 saturated carbocycles. The van der Waals surface area contributed by atoms with Gasteiger partial charge in [0.1, 0.15) is 0 Å². The van der Waals surface area contributed by atoms with E-state index in [0.29, 0.717) is 6.42 Å². The van der Waals surface area contributed by atoms with Crippen molar-refractivity contribution in [3.05, 3.63) is 24.3 Å². The molecule has 0 aromatic heterocycles. The minimum absolute atomic E-state index is 0.253. The first-order chi connectivity index (χ1) is 9.33. The predicted molar refractivity (Wildman–Crippen MR) is 82.0 cm³/mol. The average Bonchev–Trinajstić information content (AvgIpc) is 3.08. The largest absolute Gasteiger partial charge is 0.385 e. The minimum Gasteiger partial charge on any atom is -0.385 e. The Kier molecular flexibility index (Phi) is 3.97. The Bertz CT molecular complexity index is 440. The molecule has 4 heteroatoms. The van der Waals surface area contributed by atoms with Crippen LogP contribution in [0.1, 0.15) is 19.3 Å². The van der Waals surface area contributed by atoms with Crippen LogP contribution in [0.2, 0.25) is 0 Å². The van der Waals surface area contributed by atoms with Gasteiger partial charge in [0.25, 0.3) is 0 Å². The van der Waals surface area contributed by atoms with Gasteiger partial charge in [0.2, 0.25) is 5.91 Å². The second-order valence-electron chi connectivity index (χ2n) is 5.31. The zero-order valence-corrected chi connectivity index (χ0v) is 11.9. The summed E-state index contributed by atoms with van der Waals surface area (Å²) in [5.74, 6) is 3.66. The molecule has 1 aromatic carbocycles. The molecule has 3 nitrogen and oxygen atoms in total. The number of hydrogen-bond donors (Lipinski definition) is 1. The third-order valence-corrected chi connectivity index (χ3v) is 5.10. The molecule has 1 atom stereocenters. The molecular weight excluding hydrogens is 256 g/mol. The normalized spacial score (nSPS) is 23.1. The van der Waals surface area contributed by atoms with Gasteiger partial charge in [-0.15, -0.1) is 0 Å². The average molecular weight is 276 g/mol. The quantitative estimate of drug-likeness (QED) is 0.917. The smallest absolute Gasteiger partial charge is 0.227 e. The maximum Gasteiger partial charge on any atom is 0.227 e. The van der Waals surface area contributed by atoms with Crippen molar-refractivity contribution in [1.29, 1.82) is 0 Å². The van der Waals surface area contributed by atoms with E-state index in [2.05, 4.69) is 41.3 Å². The fraction of sp³-hybridized carbons (Fsp3) is 0.533. The van der Waals surface area contributed by atoms with Gasteiger partial charge in [-0.2, -0.15) is 11.8 Å². The molecule has 1 N–H and O–H groups in total. The summed E-state index contributed by atoms with van der Waals surface area (Å²) >= 11 is 2.05. The fourth-order valence-corrected chi connectivity index (χ4v) is 3.97. The maximum absolute atomic E-state index is 11.7. The van der Waals surface area contributed by atoms with E-state index in [-0.39, 0.29) is 5.91 Å². The van der Waals surface area contributed by atoms with Gasteiger partial charge in [-0.05, 0) is 54.5 Å². The van der Waals surface area contributed by atoms with Crippen molar-refractivity contribution in [2.45, 2.75) is 19.3 Å². The summed E-state index contributed by atoms with van der Waals surface area (Å²) in [4.78, 5) is 13.6. The molecule has 0 radical (unpaired) electrons. The molecule has 2 aliphatic heterocycles. The fourth-order valence-electron chi connectivity index (χ4n) is 2.69. The van der Waals surface area contributed by atoms with Gasteiger partial charge in [-0.3, -0.25) is 4.79 Å². The Hall–Kier alpha value is -1.16. The zero-order chi connectivity index (χ0) is 13.1. The van der Waals surface area contributed by atoms with Crippen LogP contribution in [-0.2, 0) is 4.79 Å². The van der Waals surface area contributed by atoms with E-state index in [4.69, 9.17) is 0 Å². The summed E-state index contributed by atoms with van der Waals surface area (Å²) in [6, 6.07) is 8.27. The highest BCUT2D eigenvalue weighted by Crippen LogP contribution is 2.25. The molecule has 19 heavy (non-hydrogen) atoms. The zero-order valence-electron chi connectivity index (χ0n) is 11.1. The van der Waals surface area contributed by atoms with E-state index in [0.717, 1.165) is 36.8 Å². The number of thioether (sulfide) groups is 1. The molecule has 3 rings (SSSR count). The van der Waals surface area contributed by atoms with Crippen molar-refractivity contribution in [2.24, 2.45) is 5.92 Å². The van der Waals surface area contributed by atoms with Gasteiger partial charge in [0.05, 0.1) is 0 Å². The molecule has 2 fully saturated rings. The maximum atomic E-state index is 11.7. The van der Waals surface area contributed by atoms with E-state index in [1.54, 1.807) is 0 Å². The van der Waals surface area contributed by atoms with Gasteiger partial charge in [-0.1, -0.05) is 0 Å². The lowest BCUT2D eigenvalue weighted by molar-refractivity contribution is -0.117. The number of hydrogen-bond acceptors (Lipinski definition) is 3. The van der Waals surface area contributed by atoms with Crippen molar-refractivity contribution in [1.82, 2.24) is 0 Å². The summed E-state index contributed by atoms with van der Waals surface area (Å²) in [5.41, 5.74) is 2.19. The summed E-state index contributed by atoms with van der Waals surface area (Å²) in [5, 5.41) is 3.50. The monoisotopic (exact) mass is 276 g/mol. The summed E-state index contributed by atoms with van der Waals surface area (Å²) in [6.07, 6.45) is 3.01. The molecule has 2 saturated heterocycles. The van der Waals surface area contributed by atoms with E-state index in [9.17, 15) is 4.79 Å². The van der Waals surface area contributed by atoms with Crippen LogP contribution in [0, 0.1) is 5.92 Å². The number of amides is 1. The number of nitrogens with zero attached hydrogens (tertiary/aromatic N) is 1. The van der Waals surface area contributed by atoms with Crippen molar-refractivity contribution in [2.75, 3.05) is 34.8 Å². The molecule has 0 aliphatic carbocycles. The molecule has 2 heterocycles. The Morgan fingerprint density at radius 3 is 2.79 bits per heavy atom. The Morgan fingerprint density at radius 1 is 1.32 bits per heavy atom. The van der Waals surface area contributed by atoms with E-state index >= 15 is 0 Å². The highest BCUT2D eigenvalue weighted by atomic mass is 32.2. The van der Waals surface area contributed by atoms with Crippen LogP contribution < -0.4 is 10.2 Å². The van der Waals surface area contributed by atoms with Crippen LogP contribution in [0.25, 0.3) is 0 Å². The molecule has 0 spiro atoms. The second-order valence-corrected chi connectivity index (χ2v) is 6.46. The first kappa shape index (κ1) is 12.9. The number of rotatable bonds is 4. The van der Waals surface area contributed by atoms with Gasteiger partial charge in [-0.25, -0.2) is 0 Å². The SMILES string of the molecule is O=C1CCCN1c1ccc(NCC2CCSC2)cc1. The number of benzene rings is 1. The minimum atomic E-state index is 0.253. The van der Waals surface area contributed by atoms with Crippen molar-refractivity contribution < 1.29 is 4.79 Å². The van der Waals surface area contributed by atoms with Gasteiger partial charge in [0, 0.05) is 30.9 Å². The first-order valence-corrected chi connectivity index (χ1v) is 8.20. The van der Waals surface area contributed by atoms with Crippen molar-refractivity contribution in [3.63, 3.8) is 0 Å². The van der Waals surface area contributed by atoms with Crippen LogP contribution in [0.3, 0.4) is 0 Å². The summed E-state index contributed by atoms with van der Waals surface area (Å²) < 4.78 is 0. The Balaban J connectivity index is 1.57. The topological polar surface area (TPSA) is 32.3 Å². The van der Waals surface area contributed by atoms with E-state index in [1.165, 1.54) is 17.9 Å². The van der Waals surface area contributed by atoms with Crippen LogP contribution in [0.5, 0.6) is 0 Å². The third kappa shape index (κ3) is 3.06. The molecule has 0 bridgehead atoms. The highest BCUT2D eigenvalue weighted by molar-refractivity contribution is 7.99. The van der Waals surface area contributed by atoms with Gasteiger partial charge < -0.3 is 10.2 Å². The first-order valence-electron chi connectivity index (χ1n) is 7.05. The number of nitrogens with one attached hydrogen (secondary N) is 1. The summed E-state index contributed by atoms with van der Waals surface area (Å²) in [6.45, 7) is 1.93. The molecule has 1 aromatic rings. The van der Waals surface area contributed by atoms with Crippen LogP contribution in [0.4, 0.5) is 11.4 Å². The lowest BCUT2D eigenvalue weighted by atomic mass is 10.1. The number of carbonyl (C=O) groups excluding carboxylic acids is 1. The molecule has 2 aliphatic rings. The molecule has 1 amide bonds.